The number of carbonyl (C=O) groups excluding carboxylic acids is 2. The molecule has 0 spiro atoms. The van der Waals surface area contributed by atoms with Gasteiger partial charge in [0.1, 0.15) is 0 Å². The van der Waals surface area contributed by atoms with Crippen molar-refractivity contribution in [1.29, 1.82) is 0 Å². The number of ether oxygens (including phenoxy) is 1. The third kappa shape index (κ3) is 7.10. The molecule has 2 heterocycles. The Bertz CT molecular complexity index is 1020. The molecule has 0 bridgehead atoms. The molecule has 3 rings (SSSR count). The lowest BCUT2D eigenvalue weighted by molar-refractivity contribution is -0.154. The summed E-state index contributed by atoms with van der Waals surface area (Å²) in [6, 6.07) is 13.2. The fourth-order valence-electron chi connectivity index (χ4n) is 2.53. The van der Waals surface area contributed by atoms with Crippen molar-refractivity contribution in [2.24, 2.45) is 0 Å². The summed E-state index contributed by atoms with van der Waals surface area (Å²) in [5.41, 5.74) is 1.80. The van der Waals surface area contributed by atoms with Crippen LogP contribution in [0.3, 0.4) is 0 Å². The fraction of sp³-hybridized carbons (Fsp3) is 0.190. The largest absolute Gasteiger partial charge is 0.468 e. The predicted molar refractivity (Wildman–Crippen MR) is 109 cm³/mol. The Kier molecular flexibility index (Phi) is 7.24. The number of halogens is 3. The van der Waals surface area contributed by atoms with E-state index < -0.39 is 12.8 Å². The highest BCUT2D eigenvalue weighted by molar-refractivity contribution is 7.12. The Morgan fingerprint density at radius 3 is 2.35 bits per heavy atom. The van der Waals surface area contributed by atoms with Crippen molar-refractivity contribution in [2.45, 2.75) is 19.3 Å². The van der Waals surface area contributed by atoms with E-state index in [0.717, 1.165) is 5.56 Å². The molecule has 2 aromatic heterocycles. The molecule has 1 aromatic carbocycles. The van der Waals surface area contributed by atoms with Gasteiger partial charge >= 0.3 is 6.18 Å². The molecule has 3 aromatic rings. The van der Waals surface area contributed by atoms with E-state index in [0.29, 0.717) is 22.5 Å². The van der Waals surface area contributed by atoms with Crippen LogP contribution in [0.25, 0.3) is 0 Å². The summed E-state index contributed by atoms with van der Waals surface area (Å²) >= 11 is 1.35. The zero-order valence-corrected chi connectivity index (χ0v) is 16.9. The van der Waals surface area contributed by atoms with E-state index in [9.17, 15) is 22.8 Å². The molecule has 0 aliphatic rings. The van der Waals surface area contributed by atoms with E-state index in [-0.39, 0.29) is 24.2 Å². The minimum atomic E-state index is -4.45. The molecule has 0 aliphatic heterocycles. The highest BCUT2D eigenvalue weighted by atomic mass is 32.1. The number of nitrogens with one attached hydrogen (secondary N) is 2. The second-order valence-corrected chi connectivity index (χ2v) is 7.39. The summed E-state index contributed by atoms with van der Waals surface area (Å²) in [4.78, 5) is 28.6. The van der Waals surface area contributed by atoms with Gasteiger partial charge in [-0.05, 0) is 40.8 Å². The standard InChI is InChI=1S/C21H18F3N3O3S/c22-21(23,24)13-30-18-10-15(7-8-25-18)12-26-19(28)16-5-3-14(4-6-16)11-27-20(29)17-2-1-9-31-17/h1-10H,11-13H2,(H,26,28)(H,27,29). The van der Waals surface area contributed by atoms with Gasteiger partial charge in [0.05, 0.1) is 4.88 Å². The number of nitrogens with zero attached hydrogens (tertiary/aromatic N) is 1. The van der Waals surface area contributed by atoms with Crippen molar-refractivity contribution in [3.8, 4) is 5.88 Å². The molecule has 0 aliphatic carbocycles. The smallest absolute Gasteiger partial charge is 0.422 e. The normalized spacial score (nSPS) is 11.1. The quantitative estimate of drug-likeness (QED) is 0.546. The van der Waals surface area contributed by atoms with Gasteiger partial charge < -0.3 is 15.4 Å². The van der Waals surface area contributed by atoms with Gasteiger partial charge in [-0.1, -0.05) is 18.2 Å². The Balaban J connectivity index is 1.49. The molecule has 0 atom stereocenters. The Morgan fingerprint density at radius 1 is 0.968 bits per heavy atom. The molecule has 0 unspecified atom stereocenters. The average molecular weight is 449 g/mol. The zero-order valence-electron chi connectivity index (χ0n) is 16.1. The van der Waals surface area contributed by atoms with E-state index in [1.54, 1.807) is 42.5 Å². The number of aromatic nitrogens is 1. The number of alkyl halides is 3. The lowest BCUT2D eigenvalue weighted by Gasteiger charge is -2.10. The molecule has 31 heavy (non-hydrogen) atoms. The van der Waals surface area contributed by atoms with Crippen LogP contribution in [-0.4, -0.2) is 29.6 Å². The maximum absolute atomic E-state index is 12.3. The predicted octanol–water partition coefficient (Wildman–Crippen LogP) is 3.94. The summed E-state index contributed by atoms with van der Waals surface area (Å²) in [6.07, 6.45) is -3.14. The highest BCUT2D eigenvalue weighted by Crippen LogP contribution is 2.17. The molecule has 2 amide bonds. The second kappa shape index (κ2) is 10.1. The molecule has 0 saturated carbocycles. The minimum Gasteiger partial charge on any atom is -0.468 e. The van der Waals surface area contributed by atoms with Gasteiger partial charge in [-0.2, -0.15) is 13.2 Å². The zero-order chi connectivity index (χ0) is 22.3. The number of benzene rings is 1. The molecular formula is C21H18F3N3O3S. The number of pyridine rings is 1. The molecule has 2 N–H and O–H groups in total. The first-order valence-electron chi connectivity index (χ1n) is 9.13. The van der Waals surface area contributed by atoms with E-state index >= 15 is 0 Å². The van der Waals surface area contributed by atoms with Gasteiger partial charge in [-0.15, -0.1) is 11.3 Å². The van der Waals surface area contributed by atoms with Crippen molar-refractivity contribution >= 4 is 23.2 Å². The van der Waals surface area contributed by atoms with Crippen LogP contribution in [0.4, 0.5) is 13.2 Å². The first kappa shape index (κ1) is 22.3. The van der Waals surface area contributed by atoms with Crippen LogP contribution in [-0.2, 0) is 13.1 Å². The SMILES string of the molecule is O=C(NCc1ccnc(OCC(F)(F)F)c1)c1ccc(CNC(=O)c2cccs2)cc1. The van der Waals surface area contributed by atoms with Crippen LogP contribution in [0, 0.1) is 0 Å². The lowest BCUT2D eigenvalue weighted by Crippen LogP contribution is -2.23. The summed E-state index contributed by atoms with van der Waals surface area (Å²) in [6.45, 7) is -1.01. The van der Waals surface area contributed by atoms with Gasteiger partial charge in [-0.3, -0.25) is 9.59 Å². The number of hydrogen-bond donors (Lipinski definition) is 2. The number of thiophene rings is 1. The summed E-state index contributed by atoms with van der Waals surface area (Å²) in [5.74, 6) is -0.672. The number of rotatable bonds is 8. The Morgan fingerprint density at radius 2 is 1.68 bits per heavy atom. The number of hydrogen-bond acceptors (Lipinski definition) is 5. The van der Waals surface area contributed by atoms with E-state index in [1.807, 2.05) is 5.38 Å². The Hall–Kier alpha value is -3.40. The second-order valence-electron chi connectivity index (χ2n) is 6.45. The van der Waals surface area contributed by atoms with Gasteiger partial charge in [-0.25, -0.2) is 4.98 Å². The van der Waals surface area contributed by atoms with Crippen molar-refractivity contribution in [3.05, 3.63) is 81.7 Å². The summed E-state index contributed by atoms with van der Waals surface area (Å²) < 4.78 is 41.3. The molecule has 0 fully saturated rings. The maximum atomic E-state index is 12.3. The van der Waals surface area contributed by atoms with Crippen molar-refractivity contribution in [1.82, 2.24) is 15.6 Å². The Labute approximate surface area is 180 Å². The summed E-state index contributed by atoms with van der Waals surface area (Å²) in [5, 5.41) is 7.32. The third-order valence-electron chi connectivity index (χ3n) is 4.05. The van der Waals surface area contributed by atoms with Crippen LogP contribution in [0.5, 0.6) is 5.88 Å². The van der Waals surface area contributed by atoms with Crippen LogP contribution in [0.2, 0.25) is 0 Å². The number of carbonyl (C=O) groups is 2. The van der Waals surface area contributed by atoms with Gasteiger partial charge in [0.2, 0.25) is 5.88 Å². The molecule has 6 nitrogen and oxygen atoms in total. The van der Waals surface area contributed by atoms with Gasteiger partial charge in [0, 0.05) is 30.9 Å². The van der Waals surface area contributed by atoms with Crippen molar-refractivity contribution in [2.75, 3.05) is 6.61 Å². The third-order valence-corrected chi connectivity index (χ3v) is 4.92. The first-order chi connectivity index (χ1) is 14.8. The van der Waals surface area contributed by atoms with Gasteiger partial charge in [0.15, 0.2) is 6.61 Å². The molecular weight excluding hydrogens is 431 g/mol. The van der Waals surface area contributed by atoms with Crippen molar-refractivity contribution in [3.63, 3.8) is 0 Å². The molecule has 162 valence electrons. The summed E-state index contributed by atoms with van der Waals surface area (Å²) in [7, 11) is 0. The average Bonchev–Trinajstić information content (AvgIpc) is 3.30. The van der Waals surface area contributed by atoms with Crippen LogP contribution >= 0.6 is 11.3 Å². The first-order valence-corrected chi connectivity index (χ1v) is 10.0. The molecule has 0 radical (unpaired) electrons. The lowest BCUT2D eigenvalue weighted by atomic mass is 10.1. The van der Waals surface area contributed by atoms with E-state index in [1.165, 1.54) is 23.6 Å². The van der Waals surface area contributed by atoms with Crippen molar-refractivity contribution < 1.29 is 27.5 Å². The maximum Gasteiger partial charge on any atom is 0.422 e. The van der Waals surface area contributed by atoms with Crippen LogP contribution < -0.4 is 15.4 Å². The fourth-order valence-corrected chi connectivity index (χ4v) is 3.17. The van der Waals surface area contributed by atoms with Crippen LogP contribution in [0.1, 0.15) is 31.2 Å². The van der Waals surface area contributed by atoms with Crippen LogP contribution in [0.15, 0.2) is 60.1 Å². The van der Waals surface area contributed by atoms with E-state index in [2.05, 4.69) is 20.4 Å². The highest BCUT2D eigenvalue weighted by Gasteiger charge is 2.28. The molecule has 0 saturated heterocycles. The molecule has 10 heteroatoms. The van der Waals surface area contributed by atoms with Gasteiger partial charge in [0.25, 0.3) is 11.8 Å². The number of amides is 2. The topological polar surface area (TPSA) is 80.3 Å². The van der Waals surface area contributed by atoms with E-state index in [4.69, 9.17) is 0 Å². The minimum absolute atomic E-state index is 0.0996. The monoisotopic (exact) mass is 449 g/mol.